The molecule has 0 radical (unpaired) electrons. The van der Waals surface area contributed by atoms with Crippen LogP contribution in [0.4, 0.5) is 0 Å². The molecular formula is C15H23N. The van der Waals surface area contributed by atoms with E-state index in [4.69, 9.17) is 0 Å². The molecule has 88 valence electrons. The fraction of sp³-hybridized carbons (Fsp3) is 0.600. The van der Waals surface area contributed by atoms with E-state index in [1.165, 1.54) is 37.1 Å². The Kier molecular flexibility index (Phi) is 3.65. The number of aryl methyl sites for hydroxylation is 2. The molecule has 1 heterocycles. The van der Waals surface area contributed by atoms with Gasteiger partial charge >= 0.3 is 0 Å². The zero-order chi connectivity index (χ0) is 11.5. The van der Waals surface area contributed by atoms with Crippen molar-refractivity contribution in [2.75, 3.05) is 13.1 Å². The molecule has 0 saturated carbocycles. The van der Waals surface area contributed by atoms with E-state index in [-0.39, 0.29) is 0 Å². The summed E-state index contributed by atoms with van der Waals surface area (Å²) in [4.78, 5) is 0. The molecular weight excluding hydrogens is 194 g/mol. The molecule has 16 heavy (non-hydrogen) atoms. The number of piperidine rings is 1. The van der Waals surface area contributed by atoms with Crippen molar-refractivity contribution in [3.05, 3.63) is 34.9 Å². The summed E-state index contributed by atoms with van der Waals surface area (Å²) in [5.41, 5.74) is 4.38. The van der Waals surface area contributed by atoms with Crippen LogP contribution in [0, 0.1) is 25.7 Å². The van der Waals surface area contributed by atoms with Gasteiger partial charge in [-0.05, 0) is 62.7 Å². The molecule has 0 aromatic heterocycles. The zero-order valence-electron chi connectivity index (χ0n) is 10.7. The van der Waals surface area contributed by atoms with Gasteiger partial charge in [-0.15, -0.1) is 0 Å². The van der Waals surface area contributed by atoms with Gasteiger partial charge in [0.2, 0.25) is 0 Å². The van der Waals surface area contributed by atoms with Crippen molar-refractivity contribution in [3.8, 4) is 0 Å². The minimum absolute atomic E-state index is 0.814. The highest BCUT2D eigenvalue weighted by atomic mass is 14.9. The SMILES string of the molecule is Cc1ccc(C)c(CC2CNCCC2C)c1. The predicted molar refractivity (Wildman–Crippen MR) is 69.8 cm³/mol. The molecule has 0 spiro atoms. The van der Waals surface area contributed by atoms with Gasteiger partial charge in [-0.2, -0.15) is 0 Å². The molecule has 2 unspecified atom stereocenters. The summed E-state index contributed by atoms with van der Waals surface area (Å²) in [5, 5.41) is 3.52. The Bertz CT molecular complexity index is 356. The summed E-state index contributed by atoms with van der Waals surface area (Å²) in [6, 6.07) is 6.82. The highest BCUT2D eigenvalue weighted by molar-refractivity contribution is 5.30. The smallest absolute Gasteiger partial charge is 0.00148 e. The number of rotatable bonds is 2. The molecule has 0 bridgehead atoms. The van der Waals surface area contributed by atoms with Crippen molar-refractivity contribution in [1.29, 1.82) is 0 Å². The number of benzene rings is 1. The Morgan fingerprint density at radius 2 is 2.12 bits per heavy atom. The minimum atomic E-state index is 0.814. The first-order valence-electron chi connectivity index (χ1n) is 6.43. The molecule has 0 aliphatic carbocycles. The summed E-state index contributed by atoms with van der Waals surface area (Å²) >= 11 is 0. The molecule has 1 aliphatic rings. The van der Waals surface area contributed by atoms with Gasteiger partial charge in [0, 0.05) is 0 Å². The Morgan fingerprint density at radius 3 is 2.88 bits per heavy atom. The highest BCUT2D eigenvalue weighted by Gasteiger charge is 2.21. The van der Waals surface area contributed by atoms with Crippen LogP contribution in [0.2, 0.25) is 0 Å². The van der Waals surface area contributed by atoms with E-state index < -0.39 is 0 Å². The van der Waals surface area contributed by atoms with Crippen LogP contribution in [0.5, 0.6) is 0 Å². The number of hydrogen-bond acceptors (Lipinski definition) is 1. The van der Waals surface area contributed by atoms with Gasteiger partial charge in [-0.25, -0.2) is 0 Å². The lowest BCUT2D eigenvalue weighted by atomic mass is 9.82. The van der Waals surface area contributed by atoms with Gasteiger partial charge in [0.1, 0.15) is 0 Å². The molecule has 1 aromatic carbocycles. The van der Waals surface area contributed by atoms with Gasteiger partial charge < -0.3 is 5.32 Å². The predicted octanol–water partition coefficient (Wildman–Crippen LogP) is 3.09. The Morgan fingerprint density at radius 1 is 1.31 bits per heavy atom. The third-order valence-corrected chi connectivity index (χ3v) is 3.97. The lowest BCUT2D eigenvalue weighted by Gasteiger charge is -2.30. The quantitative estimate of drug-likeness (QED) is 0.802. The second kappa shape index (κ2) is 5.01. The van der Waals surface area contributed by atoms with Crippen LogP contribution >= 0.6 is 0 Å². The van der Waals surface area contributed by atoms with Crippen molar-refractivity contribution >= 4 is 0 Å². The van der Waals surface area contributed by atoms with Crippen LogP contribution in [0.3, 0.4) is 0 Å². The fourth-order valence-electron chi connectivity index (χ4n) is 2.63. The largest absolute Gasteiger partial charge is 0.316 e. The van der Waals surface area contributed by atoms with E-state index >= 15 is 0 Å². The summed E-state index contributed by atoms with van der Waals surface area (Å²) in [6.45, 7) is 9.21. The maximum Gasteiger partial charge on any atom is -0.00148 e. The normalized spacial score (nSPS) is 25.7. The average Bonchev–Trinajstić information content (AvgIpc) is 2.27. The molecule has 2 atom stereocenters. The zero-order valence-corrected chi connectivity index (χ0v) is 10.7. The summed E-state index contributed by atoms with van der Waals surface area (Å²) in [6.07, 6.45) is 2.57. The fourth-order valence-corrected chi connectivity index (χ4v) is 2.63. The number of nitrogens with one attached hydrogen (secondary N) is 1. The molecule has 1 aromatic rings. The van der Waals surface area contributed by atoms with Gasteiger partial charge in [-0.1, -0.05) is 30.7 Å². The maximum absolute atomic E-state index is 3.52. The van der Waals surface area contributed by atoms with Crippen molar-refractivity contribution in [2.24, 2.45) is 11.8 Å². The van der Waals surface area contributed by atoms with Crippen LogP contribution in [0.15, 0.2) is 18.2 Å². The second-order valence-electron chi connectivity index (χ2n) is 5.36. The second-order valence-corrected chi connectivity index (χ2v) is 5.36. The summed E-state index contributed by atoms with van der Waals surface area (Å²) in [5.74, 6) is 1.68. The molecule has 0 amide bonds. The van der Waals surface area contributed by atoms with E-state index in [0.29, 0.717) is 0 Å². The van der Waals surface area contributed by atoms with Crippen LogP contribution in [-0.2, 0) is 6.42 Å². The van der Waals surface area contributed by atoms with Crippen LogP contribution in [0.1, 0.15) is 30.0 Å². The first-order chi connectivity index (χ1) is 7.66. The number of hydrogen-bond donors (Lipinski definition) is 1. The third kappa shape index (κ3) is 2.65. The first-order valence-corrected chi connectivity index (χ1v) is 6.43. The van der Waals surface area contributed by atoms with Gasteiger partial charge in [0.25, 0.3) is 0 Å². The van der Waals surface area contributed by atoms with Crippen LogP contribution < -0.4 is 5.32 Å². The summed E-state index contributed by atoms with van der Waals surface area (Å²) in [7, 11) is 0. The maximum atomic E-state index is 3.52. The van der Waals surface area contributed by atoms with Crippen molar-refractivity contribution < 1.29 is 0 Å². The van der Waals surface area contributed by atoms with E-state index in [1.54, 1.807) is 5.56 Å². The Balaban J connectivity index is 2.10. The topological polar surface area (TPSA) is 12.0 Å². The Labute approximate surface area is 99.3 Å². The van der Waals surface area contributed by atoms with E-state index in [0.717, 1.165) is 11.8 Å². The molecule has 1 saturated heterocycles. The molecule has 1 fully saturated rings. The van der Waals surface area contributed by atoms with Crippen LogP contribution in [-0.4, -0.2) is 13.1 Å². The minimum Gasteiger partial charge on any atom is -0.316 e. The third-order valence-electron chi connectivity index (χ3n) is 3.97. The van der Waals surface area contributed by atoms with Gasteiger partial charge in [0.05, 0.1) is 0 Å². The van der Waals surface area contributed by atoms with Gasteiger partial charge in [-0.3, -0.25) is 0 Å². The standard InChI is InChI=1S/C15H23N/c1-11-4-5-12(2)14(8-11)9-15-10-16-7-6-13(15)3/h4-5,8,13,15-16H,6-7,9-10H2,1-3H3. The first kappa shape index (κ1) is 11.7. The lowest BCUT2D eigenvalue weighted by Crippen LogP contribution is -2.36. The highest BCUT2D eigenvalue weighted by Crippen LogP contribution is 2.24. The Hall–Kier alpha value is -0.820. The van der Waals surface area contributed by atoms with Crippen molar-refractivity contribution in [2.45, 2.75) is 33.6 Å². The molecule has 1 nitrogen and oxygen atoms in total. The average molecular weight is 217 g/mol. The molecule has 2 rings (SSSR count). The van der Waals surface area contributed by atoms with Gasteiger partial charge in [0.15, 0.2) is 0 Å². The lowest BCUT2D eigenvalue weighted by molar-refractivity contribution is 0.272. The van der Waals surface area contributed by atoms with Crippen molar-refractivity contribution in [1.82, 2.24) is 5.32 Å². The monoisotopic (exact) mass is 217 g/mol. The van der Waals surface area contributed by atoms with Crippen molar-refractivity contribution in [3.63, 3.8) is 0 Å². The molecule has 1 heteroatoms. The van der Waals surface area contributed by atoms with E-state index in [1.807, 2.05) is 0 Å². The molecule has 1 aliphatic heterocycles. The van der Waals surface area contributed by atoms with E-state index in [2.05, 4.69) is 44.3 Å². The van der Waals surface area contributed by atoms with E-state index in [9.17, 15) is 0 Å². The molecule has 1 N–H and O–H groups in total. The summed E-state index contributed by atoms with van der Waals surface area (Å²) < 4.78 is 0. The van der Waals surface area contributed by atoms with Crippen LogP contribution in [0.25, 0.3) is 0 Å².